The number of carboxylic acid groups (broad SMARTS) is 1. The average Bonchev–Trinajstić information content (AvgIpc) is 3.60. The Kier molecular flexibility index (Phi) is 7.86. The fourth-order valence-electron chi connectivity index (χ4n) is 3.69. The van der Waals surface area contributed by atoms with Crippen LogP contribution in [0, 0.1) is 5.92 Å². The second-order valence-electron chi connectivity index (χ2n) is 8.20. The number of ether oxygens (including phenoxy) is 1. The van der Waals surface area contributed by atoms with Gasteiger partial charge in [0.15, 0.2) is 5.78 Å². The number of piperazine rings is 1. The molecule has 0 bridgehead atoms. The third-order valence-electron chi connectivity index (χ3n) is 5.69. The number of carbonyl (C=O) groups excluding carboxylic acids is 2. The fourth-order valence-corrected chi connectivity index (χ4v) is 3.69. The third kappa shape index (κ3) is 6.67. The van der Waals surface area contributed by atoms with Gasteiger partial charge in [0.25, 0.3) is 0 Å². The summed E-state index contributed by atoms with van der Waals surface area (Å²) in [5.74, 6) is 0.790. The first-order valence-corrected chi connectivity index (χ1v) is 10.8. The number of aliphatic hydroxyl groups is 1. The predicted octanol–water partition coefficient (Wildman–Crippen LogP) is 1.21. The molecular weight excluding hydrogens is 402 g/mol. The van der Waals surface area contributed by atoms with Crippen LogP contribution in [0.1, 0.15) is 36.5 Å². The van der Waals surface area contributed by atoms with Gasteiger partial charge < -0.3 is 25.2 Å². The number of nitrogens with one attached hydrogen (secondary N) is 1. The Bertz CT molecular complexity index is 770. The first kappa shape index (κ1) is 23.0. The predicted molar refractivity (Wildman–Crippen MR) is 113 cm³/mol. The topological polar surface area (TPSA) is 119 Å². The van der Waals surface area contributed by atoms with Crippen LogP contribution in [0.15, 0.2) is 24.3 Å². The van der Waals surface area contributed by atoms with Crippen LogP contribution in [0.25, 0.3) is 0 Å². The van der Waals surface area contributed by atoms with E-state index < -0.39 is 24.1 Å². The number of amides is 2. The van der Waals surface area contributed by atoms with Gasteiger partial charge in [0.1, 0.15) is 11.8 Å². The van der Waals surface area contributed by atoms with Gasteiger partial charge >= 0.3 is 6.09 Å². The molecule has 1 aromatic rings. The fraction of sp³-hybridized carbons (Fsp3) is 0.591. The molecule has 9 heteroatoms. The molecule has 1 heterocycles. The average molecular weight is 434 g/mol. The van der Waals surface area contributed by atoms with Gasteiger partial charge in [-0.15, -0.1) is 0 Å². The van der Waals surface area contributed by atoms with E-state index in [0.717, 1.165) is 37.1 Å². The van der Waals surface area contributed by atoms with Gasteiger partial charge in [-0.25, -0.2) is 4.79 Å². The maximum atomic E-state index is 12.5. The maximum Gasteiger partial charge on any atom is 0.405 e. The number of rotatable bonds is 10. The lowest BCUT2D eigenvalue weighted by Gasteiger charge is -2.36. The number of Topliss-reactive ketones (excluding diaryl/α,β-unsaturated/α-hetero) is 1. The Morgan fingerprint density at radius 3 is 2.32 bits per heavy atom. The number of nitrogens with zero attached hydrogens (tertiary/aromatic N) is 2. The van der Waals surface area contributed by atoms with Gasteiger partial charge in [0.05, 0.1) is 12.7 Å². The van der Waals surface area contributed by atoms with Crippen molar-refractivity contribution < 1.29 is 29.3 Å². The zero-order chi connectivity index (χ0) is 22.4. The van der Waals surface area contributed by atoms with Gasteiger partial charge in [0.2, 0.25) is 5.91 Å². The van der Waals surface area contributed by atoms with Gasteiger partial charge in [-0.05, 0) is 50.5 Å². The minimum absolute atomic E-state index is 0.217. The van der Waals surface area contributed by atoms with Gasteiger partial charge in [-0.2, -0.15) is 0 Å². The van der Waals surface area contributed by atoms with E-state index in [0.29, 0.717) is 32.8 Å². The summed E-state index contributed by atoms with van der Waals surface area (Å²) in [7, 11) is 0. The molecule has 0 spiro atoms. The molecular formula is C22H31N3O6. The molecule has 2 amide bonds. The van der Waals surface area contributed by atoms with Crippen molar-refractivity contribution in [1.82, 2.24) is 15.1 Å². The monoisotopic (exact) mass is 433 g/mol. The highest BCUT2D eigenvalue weighted by Gasteiger charge is 2.32. The highest BCUT2D eigenvalue weighted by molar-refractivity contribution is 5.99. The second-order valence-corrected chi connectivity index (χ2v) is 8.20. The number of benzene rings is 1. The van der Waals surface area contributed by atoms with Crippen molar-refractivity contribution in [3.05, 3.63) is 29.8 Å². The summed E-state index contributed by atoms with van der Waals surface area (Å²) in [5, 5.41) is 20.7. The number of hydrogen-bond donors (Lipinski definition) is 3. The Balaban J connectivity index is 1.34. The maximum absolute atomic E-state index is 12.5. The van der Waals surface area contributed by atoms with E-state index >= 15 is 0 Å². The minimum Gasteiger partial charge on any atom is -0.494 e. The Hall–Kier alpha value is -2.65. The zero-order valence-corrected chi connectivity index (χ0v) is 17.8. The van der Waals surface area contributed by atoms with Crippen LogP contribution in [-0.2, 0) is 4.79 Å². The number of carbonyl (C=O) groups is 3. The molecule has 0 unspecified atom stereocenters. The van der Waals surface area contributed by atoms with E-state index in [9.17, 15) is 19.5 Å². The van der Waals surface area contributed by atoms with Gasteiger partial charge in [-0.1, -0.05) is 0 Å². The van der Waals surface area contributed by atoms with Crippen molar-refractivity contribution in [3.8, 4) is 5.75 Å². The lowest BCUT2D eigenvalue weighted by molar-refractivity contribution is -0.137. The van der Waals surface area contributed by atoms with Crippen molar-refractivity contribution in [3.63, 3.8) is 0 Å². The van der Waals surface area contributed by atoms with Crippen molar-refractivity contribution in [2.45, 2.75) is 38.3 Å². The van der Waals surface area contributed by atoms with Crippen molar-refractivity contribution >= 4 is 17.8 Å². The lowest BCUT2D eigenvalue weighted by Crippen LogP contribution is -2.57. The Labute approximate surface area is 182 Å². The quantitative estimate of drug-likeness (QED) is 0.375. The molecule has 3 rings (SSSR count). The minimum atomic E-state index is -1.33. The number of hydrogen-bond acceptors (Lipinski definition) is 6. The van der Waals surface area contributed by atoms with Gasteiger partial charge in [0, 0.05) is 44.2 Å². The summed E-state index contributed by atoms with van der Waals surface area (Å²) in [6.45, 7) is 5.12. The molecule has 1 aromatic carbocycles. The van der Waals surface area contributed by atoms with Crippen LogP contribution in [-0.4, -0.2) is 89.3 Å². The smallest absolute Gasteiger partial charge is 0.405 e. The van der Waals surface area contributed by atoms with Crippen LogP contribution in [0.5, 0.6) is 5.75 Å². The van der Waals surface area contributed by atoms with Crippen LogP contribution in [0.3, 0.4) is 0 Å². The highest BCUT2D eigenvalue weighted by Crippen LogP contribution is 2.32. The largest absolute Gasteiger partial charge is 0.494 e. The van der Waals surface area contributed by atoms with E-state index in [2.05, 4.69) is 10.2 Å². The normalized spacial score (nSPS) is 18.8. The Morgan fingerprint density at radius 1 is 1.13 bits per heavy atom. The van der Waals surface area contributed by atoms with Crippen LogP contribution >= 0.6 is 0 Å². The van der Waals surface area contributed by atoms with Gasteiger partial charge in [-0.3, -0.25) is 14.5 Å². The summed E-state index contributed by atoms with van der Waals surface area (Å²) in [4.78, 5) is 39.2. The first-order chi connectivity index (χ1) is 14.8. The van der Waals surface area contributed by atoms with E-state index in [4.69, 9.17) is 9.84 Å². The number of ketones is 1. The summed E-state index contributed by atoms with van der Waals surface area (Å²) in [6, 6.07) is 6.18. The molecule has 1 aliphatic heterocycles. The summed E-state index contributed by atoms with van der Waals surface area (Å²) in [5.41, 5.74) is 0.749. The van der Waals surface area contributed by atoms with E-state index in [1.807, 2.05) is 24.3 Å². The molecule has 1 saturated carbocycles. The van der Waals surface area contributed by atoms with Crippen LogP contribution < -0.4 is 10.1 Å². The molecule has 2 atom stereocenters. The van der Waals surface area contributed by atoms with E-state index in [1.54, 1.807) is 4.90 Å². The van der Waals surface area contributed by atoms with E-state index in [-0.39, 0.29) is 11.7 Å². The second kappa shape index (κ2) is 10.6. The number of aliphatic hydroxyl groups excluding tert-OH is 1. The standard InChI is InChI=1S/C22H31N3O6/c1-15(26)19(23-22(29)30)21(28)25-12-10-24(11-13-25)9-2-14-31-18-7-5-17(6-8-18)20(27)16-3-4-16/h5-8,15-16,19,23,26H,2-4,9-14H2,1H3,(H,29,30)/t15-,19+/m0/s1. The summed E-state index contributed by atoms with van der Waals surface area (Å²) in [6.07, 6.45) is 0.398. The van der Waals surface area contributed by atoms with Crippen molar-refractivity contribution in [2.24, 2.45) is 5.92 Å². The summed E-state index contributed by atoms with van der Waals surface area (Å²) < 4.78 is 5.77. The zero-order valence-electron chi connectivity index (χ0n) is 17.8. The lowest BCUT2D eigenvalue weighted by atomic mass is 10.1. The van der Waals surface area contributed by atoms with Crippen molar-refractivity contribution in [1.29, 1.82) is 0 Å². The summed E-state index contributed by atoms with van der Waals surface area (Å²) >= 11 is 0. The molecule has 3 N–H and O–H groups in total. The van der Waals surface area contributed by atoms with Crippen LogP contribution in [0.2, 0.25) is 0 Å². The molecule has 2 fully saturated rings. The molecule has 170 valence electrons. The molecule has 1 aliphatic carbocycles. The highest BCUT2D eigenvalue weighted by atomic mass is 16.5. The first-order valence-electron chi connectivity index (χ1n) is 10.8. The van der Waals surface area contributed by atoms with E-state index in [1.165, 1.54) is 6.92 Å². The molecule has 0 aromatic heterocycles. The molecule has 2 aliphatic rings. The molecule has 0 radical (unpaired) electrons. The molecule has 1 saturated heterocycles. The SMILES string of the molecule is C[C@H](O)[C@@H](NC(=O)O)C(=O)N1CCN(CCCOc2ccc(C(=O)C3CC3)cc2)CC1. The third-order valence-corrected chi connectivity index (χ3v) is 5.69. The Morgan fingerprint density at radius 2 is 1.77 bits per heavy atom. The van der Waals surface area contributed by atoms with Crippen molar-refractivity contribution in [2.75, 3.05) is 39.3 Å². The molecule has 9 nitrogen and oxygen atoms in total. The van der Waals surface area contributed by atoms with Crippen LogP contribution in [0.4, 0.5) is 4.79 Å². The molecule has 31 heavy (non-hydrogen) atoms.